The van der Waals surface area contributed by atoms with Gasteiger partial charge in [0.2, 0.25) is 0 Å². The Morgan fingerprint density at radius 2 is 2.14 bits per heavy atom. The molecule has 0 N–H and O–H groups in total. The van der Waals surface area contributed by atoms with Gasteiger partial charge in [-0.05, 0) is 32.0 Å². The molecular formula is C17H25N3O. The maximum absolute atomic E-state index is 9.01. The van der Waals surface area contributed by atoms with Gasteiger partial charge in [0.1, 0.15) is 11.8 Å². The number of nitrogens with zero attached hydrogens (tertiary/aromatic N) is 3. The van der Waals surface area contributed by atoms with Crippen molar-refractivity contribution in [1.29, 1.82) is 5.26 Å². The van der Waals surface area contributed by atoms with E-state index in [-0.39, 0.29) is 0 Å². The van der Waals surface area contributed by atoms with Gasteiger partial charge >= 0.3 is 0 Å². The molecule has 2 rings (SSSR count). The first-order chi connectivity index (χ1) is 10.2. The van der Waals surface area contributed by atoms with E-state index < -0.39 is 0 Å². The Bertz CT molecular complexity index is 483. The lowest BCUT2D eigenvalue weighted by Crippen LogP contribution is -2.51. The summed E-state index contributed by atoms with van der Waals surface area (Å²) in [6.45, 7) is 10.9. The minimum Gasteiger partial charge on any atom is -0.492 e. The molecule has 0 radical (unpaired) electrons. The van der Waals surface area contributed by atoms with Crippen molar-refractivity contribution in [3.8, 4) is 11.8 Å². The van der Waals surface area contributed by atoms with E-state index in [1.807, 2.05) is 18.2 Å². The molecule has 1 aromatic carbocycles. The highest BCUT2D eigenvalue weighted by Gasteiger charge is 2.21. The fraction of sp³-hybridized carbons (Fsp3) is 0.588. The second-order valence-electron chi connectivity index (χ2n) is 5.59. The number of para-hydroxylation sites is 1. The van der Waals surface area contributed by atoms with Crippen LogP contribution < -0.4 is 4.74 Å². The quantitative estimate of drug-likeness (QED) is 0.753. The highest BCUT2D eigenvalue weighted by molar-refractivity contribution is 5.42. The maximum atomic E-state index is 9.01. The van der Waals surface area contributed by atoms with E-state index in [1.54, 1.807) is 6.07 Å². The van der Waals surface area contributed by atoms with Crippen LogP contribution in [0.4, 0.5) is 0 Å². The molecule has 21 heavy (non-hydrogen) atoms. The van der Waals surface area contributed by atoms with Crippen molar-refractivity contribution in [2.24, 2.45) is 0 Å². The number of rotatable bonds is 6. The molecule has 4 heteroatoms. The summed E-state index contributed by atoms with van der Waals surface area (Å²) in [6, 6.07) is 10.2. The number of hydrogen-bond donors (Lipinski definition) is 0. The normalized spacial score (nSPS) is 20.1. The van der Waals surface area contributed by atoms with Crippen LogP contribution in [-0.4, -0.2) is 55.2 Å². The highest BCUT2D eigenvalue weighted by Crippen LogP contribution is 2.16. The van der Waals surface area contributed by atoms with E-state index >= 15 is 0 Å². The van der Waals surface area contributed by atoms with Gasteiger partial charge in [-0.15, -0.1) is 0 Å². The molecule has 4 nitrogen and oxygen atoms in total. The van der Waals surface area contributed by atoms with Crippen LogP contribution in [0.1, 0.15) is 25.8 Å². The van der Waals surface area contributed by atoms with Crippen LogP contribution in [0, 0.1) is 11.3 Å². The van der Waals surface area contributed by atoms with Gasteiger partial charge in [0.05, 0.1) is 12.2 Å². The summed E-state index contributed by atoms with van der Waals surface area (Å²) in [4.78, 5) is 5.03. The zero-order valence-electron chi connectivity index (χ0n) is 13.1. The summed E-state index contributed by atoms with van der Waals surface area (Å²) in [7, 11) is 0. The summed E-state index contributed by atoms with van der Waals surface area (Å²) in [5.74, 6) is 0.698. The first kappa shape index (κ1) is 15.8. The summed E-state index contributed by atoms with van der Waals surface area (Å²) in [6.07, 6.45) is 0.999. The predicted molar refractivity (Wildman–Crippen MR) is 84.4 cm³/mol. The number of ether oxygens (including phenoxy) is 1. The van der Waals surface area contributed by atoms with E-state index in [4.69, 9.17) is 10.00 Å². The summed E-state index contributed by atoms with van der Waals surface area (Å²) < 4.78 is 5.73. The Kier molecular flexibility index (Phi) is 6.04. The maximum Gasteiger partial charge on any atom is 0.137 e. The second-order valence-corrected chi connectivity index (χ2v) is 5.59. The van der Waals surface area contributed by atoms with Gasteiger partial charge in [0, 0.05) is 32.2 Å². The molecule has 1 unspecified atom stereocenters. The van der Waals surface area contributed by atoms with Gasteiger partial charge < -0.3 is 9.64 Å². The smallest absolute Gasteiger partial charge is 0.137 e. The minimum atomic E-state index is 0.614. The van der Waals surface area contributed by atoms with E-state index in [0.717, 1.165) is 39.1 Å². The number of likely N-dealkylation sites (N-methyl/N-ethyl adjacent to an activating group) is 1. The number of piperazine rings is 1. The molecule has 1 aliphatic rings. The number of benzene rings is 1. The van der Waals surface area contributed by atoms with Gasteiger partial charge in [-0.2, -0.15) is 5.26 Å². The average molecular weight is 287 g/mol. The molecule has 1 heterocycles. The Balaban J connectivity index is 1.70. The van der Waals surface area contributed by atoms with E-state index in [0.29, 0.717) is 24.0 Å². The average Bonchev–Trinajstić information content (AvgIpc) is 2.52. The van der Waals surface area contributed by atoms with Gasteiger partial charge in [0.15, 0.2) is 0 Å². The third-order valence-corrected chi connectivity index (χ3v) is 4.14. The molecule has 0 bridgehead atoms. The summed E-state index contributed by atoms with van der Waals surface area (Å²) in [5.41, 5.74) is 0.614. The molecule has 1 saturated heterocycles. The van der Waals surface area contributed by atoms with Crippen molar-refractivity contribution in [3.63, 3.8) is 0 Å². The Labute approximate surface area is 127 Å². The summed E-state index contributed by atoms with van der Waals surface area (Å²) in [5, 5.41) is 9.01. The molecular weight excluding hydrogens is 262 g/mol. The SMILES string of the molecule is CCN1CCN(CCCOc2ccccc2C#N)CC1C. The van der Waals surface area contributed by atoms with Crippen molar-refractivity contribution in [1.82, 2.24) is 9.80 Å². The van der Waals surface area contributed by atoms with Gasteiger partial charge in [-0.1, -0.05) is 19.1 Å². The van der Waals surface area contributed by atoms with Crippen LogP contribution in [0.3, 0.4) is 0 Å². The molecule has 0 amide bonds. The lowest BCUT2D eigenvalue weighted by Gasteiger charge is -2.39. The lowest BCUT2D eigenvalue weighted by atomic mass is 10.2. The fourth-order valence-corrected chi connectivity index (χ4v) is 2.90. The molecule has 0 aliphatic carbocycles. The molecule has 1 fully saturated rings. The van der Waals surface area contributed by atoms with Crippen molar-refractivity contribution in [3.05, 3.63) is 29.8 Å². The largest absolute Gasteiger partial charge is 0.492 e. The highest BCUT2D eigenvalue weighted by atomic mass is 16.5. The van der Waals surface area contributed by atoms with Crippen LogP contribution in [0.25, 0.3) is 0 Å². The van der Waals surface area contributed by atoms with Crippen molar-refractivity contribution in [2.45, 2.75) is 26.3 Å². The van der Waals surface area contributed by atoms with Crippen LogP contribution in [-0.2, 0) is 0 Å². The molecule has 0 aromatic heterocycles. The molecule has 1 aromatic rings. The van der Waals surface area contributed by atoms with Crippen molar-refractivity contribution < 1.29 is 4.74 Å². The van der Waals surface area contributed by atoms with Crippen molar-refractivity contribution >= 4 is 0 Å². The first-order valence-corrected chi connectivity index (χ1v) is 7.83. The number of nitriles is 1. The van der Waals surface area contributed by atoms with Crippen LogP contribution in [0.5, 0.6) is 5.75 Å². The Morgan fingerprint density at radius 3 is 2.86 bits per heavy atom. The minimum absolute atomic E-state index is 0.614. The second kappa shape index (κ2) is 8.02. The zero-order valence-corrected chi connectivity index (χ0v) is 13.1. The standard InChI is InChI=1S/C17H25N3O/c1-3-20-11-10-19(14-15(20)2)9-6-12-21-17-8-5-4-7-16(17)13-18/h4-5,7-8,15H,3,6,9-12,14H2,1-2H3. The lowest BCUT2D eigenvalue weighted by molar-refractivity contribution is 0.0842. The molecule has 0 saturated carbocycles. The van der Waals surface area contributed by atoms with Crippen LogP contribution in [0.2, 0.25) is 0 Å². The van der Waals surface area contributed by atoms with Gasteiger partial charge in [-0.25, -0.2) is 0 Å². The third kappa shape index (κ3) is 4.45. The van der Waals surface area contributed by atoms with Gasteiger partial charge in [0.25, 0.3) is 0 Å². The van der Waals surface area contributed by atoms with Gasteiger partial charge in [-0.3, -0.25) is 4.90 Å². The topological polar surface area (TPSA) is 39.5 Å². The Morgan fingerprint density at radius 1 is 1.33 bits per heavy atom. The fourth-order valence-electron chi connectivity index (χ4n) is 2.90. The van der Waals surface area contributed by atoms with E-state index in [1.165, 1.54) is 0 Å². The zero-order chi connectivity index (χ0) is 15.1. The van der Waals surface area contributed by atoms with Crippen LogP contribution in [0.15, 0.2) is 24.3 Å². The number of hydrogen-bond acceptors (Lipinski definition) is 4. The molecule has 1 aliphatic heterocycles. The molecule has 114 valence electrons. The van der Waals surface area contributed by atoms with E-state index in [9.17, 15) is 0 Å². The Hall–Kier alpha value is -1.57. The third-order valence-electron chi connectivity index (χ3n) is 4.14. The summed E-state index contributed by atoms with van der Waals surface area (Å²) >= 11 is 0. The predicted octanol–water partition coefficient (Wildman–Crippen LogP) is 2.35. The molecule has 1 atom stereocenters. The van der Waals surface area contributed by atoms with Crippen LogP contribution >= 0.6 is 0 Å². The first-order valence-electron chi connectivity index (χ1n) is 7.83. The molecule has 0 spiro atoms. The monoisotopic (exact) mass is 287 g/mol. The van der Waals surface area contributed by atoms with E-state index in [2.05, 4.69) is 29.7 Å². The van der Waals surface area contributed by atoms with Crippen molar-refractivity contribution in [2.75, 3.05) is 39.3 Å².